The first-order valence-electron chi connectivity index (χ1n) is 6.79. The van der Waals surface area contributed by atoms with Crippen molar-refractivity contribution in [3.63, 3.8) is 0 Å². The summed E-state index contributed by atoms with van der Waals surface area (Å²) < 4.78 is 12.9. The summed E-state index contributed by atoms with van der Waals surface area (Å²) in [7, 11) is 0. The zero-order valence-corrected chi connectivity index (χ0v) is 11.3. The molecule has 3 heteroatoms. The van der Waals surface area contributed by atoms with Crippen LogP contribution < -0.4 is 4.90 Å². The Kier molecular flexibility index (Phi) is 3.26. The normalized spacial score (nSPS) is 17.1. The van der Waals surface area contributed by atoms with Crippen molar-refractivity contribution in [3.8, 4) is 0 Å². The molecule has 2 aromatic rings. The van der Waals surface area contributed by atoms with Gasteiger partial charge in [0, 0.05) is 11.7 Å². The molecule has 20 heavy (non-hydrogen) atoms. The van der Waals surface area contributed by atoms with E-state index in [1.807, 2.05) is 23.1 Å². The first-order chi connectivity index (χ1) is 9.65. The molecule has 0 aromatic heterocycles. The van der Waals surface area contributed by atoms with Crippen LogP contribution in [0.1, 0.15) is 18.1 Å². The molecular weight excluding hydrogens is 253 g/mol. The predicted molar refractivity (Wildman–Crippen MR) is 77.2 cm³/mol. The van der Waals surface area contributed by atoms with Crippen molar-refractivity contribution in [3.05, 3.63) is 65.5 Å². The highest BCUT2D eigenvalue weighted by molar-refractivity contribution is 5.97. The fourth-order valence-electron chi connectivity index (χ4n) is 2.81. The summed E-state index contributed by atoms with van der Waals surface area (Å²) in [4.78, 5) is 14.4. The first kappa shape index (κ1) is 12.9. The van der Waals surface area contributed by atoms with Gasteiger partial charge >= 0.3 is 0 Å². The molecule has 1 amide bonds. The van der Waals surface area contributed by atoms with Crippen molar-refractivity contribution in [2.45, 2.75) is 25.8 Å². The summed E-state index contributed by atoms with van der Waals surface area (Å²) in [5.74, 6) is -0.213. The third-order valence-electron chi connectivity index (χ3n) is 3.74. The second-order valence-electron chi connectivity index (χ2n) is 5.25. The van der Waals surface area contributed by atoms with Gasteiger partial charge in [-0.1, -0.05) is 30.3 Å². The number of hydrogen-bond acceptors (Lipinski definition) is 1. The number of amides is 1. The number of carbonyl (C=O) groups is 1. The molecule has 0 radical (unpaired) electrons. The number of hydrogen-bond donors (Lipinski definition) is 0. The van der Waals surface area contributed by atoms with E-state index in [9.17, 15) is 9.18 Å². The Hall–Kier alpha value is -2.16. The van der Waals surface area contributed by atoms with Crippen LogP contribution in [0.5, 0.6) is 0 Å². The van der Waals surface area contributed by atoms with Crippen LogP contribution in [-0.2, 0) is 17.6 Å². The molecule has 0 saturated heterocycles. The van der Waals surface area contributed by atoms with Crippen LogP contribution in [-0.4, -0.2) is 11.9 Å². The van der Waals surface area contributed by atoms with Gasteiger partial charge in [0.25, 0.3) is 0 Å². The van der Waals surface area contributed by atoms with E-state index in [0.717, 1.165) is 17.7 Å². The summed E-state index contributed by atoms with van der Waals surface area (Å²) in [6.07, 6.45) is 1.20. The highest BCUT2D eigenvalue weighted by Crippen LogP contribution is 2.32. The molecule has 1 atom stereocenters. The number of carbonyl (C=O) groups excluding carboxylic acids is 1. The molecule has 102 valence electrons. The monoisotopic (exact) mass is 269 g/mol. The Labute approximate surface area is 117 Å². The van der Waals surface area contributed by atoms with Gasteiger partial charge in [0.2, 0.25) is 5.91 Å². The van der Waals surface area contributed by atoms with Crippen LogP contribution in [0.2, 0.25) is 0 Å². The van der Waals surface area contributed by atoms with Crippen molar-refractivity contribution >= 4 is 11.6 Å². The fraction of sp³-hybridized carbons (Fsp3) is 0.235. The Morgan fingerprint density at radius 1 is 1.20 bits per heavy atom. The van der Waals surface area contributed by atoms with Gasteiger partial charge in [-0.15, -0.1) is 0 Å². The van der Waals surface area contributed by atoms with Gasteiger partial charge < -0.3 is 4.90 Å². The van der Waals surface area contributed by atoms with E-state index in [-0.39, 0.29) is 17.8 Å². The summed E-state index contributed by atoms with van der Waals surface area (Å²) in [6, 6.07) is 14.3. The third-order valence-corrected chi connectivity index (χ3v) is 3.74. The van der Waals surface area contributed by atoms with Gasteiger partial charge in [0.15, 0.2) is 0 Å². The molecule has 2 nitrogen and oxygen atoms in total. The van der Waals surface area contributed by atoms with Crippen LogP contribution in [0.25, 0.3) is 0 Å². The molecule has 1 heterocycles. The van der Waals surface area contributed by atoms with Crippen LogP contribution in [0, 0.1) is 5.82 Å². The van der Waals surface area contributed by atoms with Crippen molar-refractivity contribution in [2.24, 2.45) is 0 Å². The minimum absolute atomic E-state index is 0.0639. The second-order valence-corrected chi connectivity index (χ2v) is 5.25. The standard InChI is InChI=1S/C17H16FNO/c1-12-10-14-4-2-3-5-16(14)19(12)17(20)11-13-6-8-15(18)9-7-13/h2-9,12H,10-11H2,1H3. The molecule has 1 aliphatic rings. The second kappa shape index (κ2) is 5.08. The van der Waals surface area contributed by atoms with Gasteiger partial charge in [0.1, 0.15) is 5.82 Å². The van der Waals surface area contributed by atoms with E-state index in [1.54, 1.807) is 12.1 Å². The summed E-state index contributed by atoms with van der Waals surface area (Å²) in [5, 5.41) is 0. The van der Waals surface area contributed by atoms with Crippen LogP contribution >= 0.6 is 0 Å². The highest BCUT2D eigenvalue weighted by Gasteiger charge is 2.30. The molecule has 0 N–H and O–H groups in total. The van der Waals surface area contributed by atoms with Crippen molar-refractivity contribution in [2.75, 3.05) is 4.90 Å². The molecule has 2 aromatic carbocycles. The van der Waals surface area contributed by atoms with E-state index >= 15 is 0 Å². The van der Waals surface area contributed by atoms with Gasteiger partial charge in [-0.3, -0.25) is 4.79 Å². The molecule has 0 bridgehead atoms. The number of halogens is 1. The summed E-state index contributed by atoms with van der Waals surface area (Å²) in [5.41, 5.74) is 3.06. The lowest BCUT2D eigenvalue weighted by Gasteiger charge is -2.22. The van der Waals surface area contributed by atoms with E-state index in [2.05, 4.69) is 13.0 Å². The SMILES string of the molecule is CC1Cc2ccccc2N1C(=O)Cc1ccc(F)cc1. The zero-order valence-electron chi connectivity index (χ0n) is 11.3. The smallest absolute Gasteiger partial charge is 0.231 e. The van der Waals surface area contributed by atoms with E-state index in [1.165, 1.54) is 17.7 Å². The molecule has 1 aliphatic heterocycles. The Morgan fingerprint density at radius 2 is 1.90 bits per heavy atom. The number of anilines is 1. The lowest BCUT2D eigenvalue weighted by Crippen LogP contribution is -2.36. The maximum atomic E-state index is 12.9. The third kappa shape index (κ3) is 2.31. The zero-order chi connectivity index (χ0) is 14.1. The quantitative estimate of drug-likeness (QED) is 0.818. The summed E-state index contributed by atoms with van der Waals surface area (Å²) in [6.45, 7) is 2.06. The van der Waals surface area contributed by atoms with Crippen LogP contribution in [0.3, 0.4) is 0 Å². The largest absolute Gasteiger partial charge is 0.309 e. The molecule has 1 unspecified atom stereocenters. The van der Waals surface area contributed by atoms with E-state index in [4.69, 9.17) is 0 Å². The van der Waals surface area contributed by atoms with E-state index in [0.29, 0.717) is 6.42 Å². The Bertz CT molecular complexity index is 636. The van der Waals surface area contributed by atoms with Gasteiger partial charge in [-0.2, -0.15) is 0 Å². The first-order valence-corrected chi connectivity index (χ1v) is 6.79. The number of para-hydroxylation sites is 1. The summed E-state index contributed by atoms with van der Waals surface area (Å²) >= 11 is 0. The number of nitrogens with zero attached hydrogens (tertiary/aromatic N) is 1. The average Bonchev–Trinajstić information content (AvgIpc) is 2.77. The molecule has 0 spiro atoms. The van der Waals surface area contributed by atoms with Crippen molar-refractivity contribution in [1.82, 2.24) is 0 Å². The minimum Gasteiger partial charge on any atom is -0.309 e. The molecule has 0 fully saturated rings. The van der Waals surface area contributed by atoms with Gasteiger partial charge in [0.05, 0.1) is 6.42 Å². The maximum absolute atomic E-state index is 12.9. The van der Waals surface area contributed by atoms with E-state index < -0.39 is 0 Å². The lowest BCUT2D eigenvalue weighted by atomic mass is 10.1. The van der Waals surface area contributed by atoms with Crippen LogP contribution in [0.15, 0.2) is 48.5 Å². The minimum atomic E-state index is -0.277. The fourth-order valence-corrected chi connectivity index (χ4v) is 2.81. The Balaban J connectivity index is 1.82. The highest BCUT2D eigenvalue weighted by atomic mass is 19.1. The average molecular weight is 269 g/mol. The maximum Gasteiger partial charge on any atom is 0.231 e. The number of rotatable bonds is 2. The van der Waals surface area contributed by atoms with Crippen LogP contribution in [0.4, 0.5) is 10.1 Å². The molecule has 0 saturated carbocycles. The number of benzene rings is 2. The molecular formula is C17H16FNO. The van der Waals surface area contributed by atoms with Crippen molar-refractivity contribution < 1.29 is 9.18 Å². The van der Waals surface area contributed by atoms with Crippen molar-refractivity contribution in [1.29, 1.82) is 0 Å². The topological polar surface area (TPSA) is 20.3 Å². The Morgan fingerprint density at radius 3 is 2.65 bits per heavy atom. The predicted octanol–water partition coefficient (Wildman–Crippen LogP) is 3.35. The van der Waals surface area contributed by atoms with Gasteiger partial charge in [-0.25, -0.2) is 4.39 Å². The molecule has 3 rings (SSSR count). The number of fused-ring (bicyclic) bond motifs is 1. The lowest BCUT2D eigenvalue weighted by molar-refractivity contribution is -0.118. The molecule has 0 aliphatic carbocycles. The van der Waals surface area contributed by atoms with Gasteiger partial charge in [-0.05, 0) is 42.7 Å².